The lowest BCUT2D eigenvalue weighted by molar-refractivity contribution is -0.384. The van der Waals surface area contributed by atoms with Gasteiger partial charge in [0, 0.05) is 24.7 Å². The van der Waals surface area contributed by atoms with Gasteiger partial charge in [0.05, 0.1) is 34.1 Å². The second-order valence-electron chi connectivity index (χ2n) is 7.32. The first-order valence-electron chi connectivity index (χ1n) is 9.89. The van der Waals surface area contributed by atoms with Crippen LogP contribution in [0.5, 0.6) is 0 Å². The minimum atomic E-state index is -0.621. The molecular weight excluding hydrogens is 416 g/mol. The molecule has 0 spiro atoms. The zero-order chi connectivity index (χ0) is 22.8. The van der Waals surface area contributed by atoms with Crippen molar-refractivity contribution in [1.29, 1.82) is 0 Å². The minimum Gasteiger partial charge on any atom is -0.407 e. The first-order valence-corrected chi connectivity index (χ1v) is 9.89. The first-order chi connectivity index (χ1) is 15.3. The normalized spacial score (nSPS) is 11.1. The number of benzene rings is 1. The number of oxazole rings is 1. The fraction of sp³-hybridized carbons (Fsp3) is 0.238. The molecule has 0 saturated carbocycles. The lowest BCUT2D eigenvalue weighted by Crippen LogP contribution is -2.17. The van der Waals surface area contributed by atoms with Crippen molar-refractivity contribution in [2.24, 2.45) is 0 Å². The molecule has 0 aliphatic rings. The maximum Gasteiger partial charge on any atom is 0.419 e. The quantitative estimate of drug-likeness (QED) is 0.347. The van der Waals surface area contributed by atoms with Crippen LogP contribution in [0.2, 0.25) is 0 Å². The highest BCUT2D eigenvalue weighted by Crippen LogP contribution is 2.20. The minimum absolute atomic E-state index is 0.141. The molecular formula is C21H20N6O5. The maximum atomic E-state index is 12.3. The number of hydrogen-bond acceptors (Lipinski definition) is 7. The smallest absolute Gasteiger partial charge is 0.407 e. The number of rotatable bonds is 7. The fourth-order valence-electron chi connectivity index (χ4n) is 3.45. The zero-order valence-electron chi connectivity index (χ0n) is 17.4. The third kappa shape index (κ3) is 4.26. The van der Waals surface area contributed by atoms with E-state index in [0.717, 1.165) is 11.4 Å². The van der Waals surface area contributed by atoms with Crippen molar-refractivity contribution in [3.05, 3.63) is 74.6 Å². The molecule has 0 aliphatic carbocycles. The van der Waals surface area contributed by atoms with Crippen LogP contribution in [-0.2, 0) is 11.3 Å². The number of non-ortho nitro benzene ring substituents is 1. The van der Waals surface area contributed by atoms with Gasteiger partial charge in [-0.1, -0.05) is 0 Å². The van der Waals surface area contributed by atoms with E-state index in [1.165, 1.54) is 22.8 Å². The summed E-state index contributed by atoms with van der Waals surface area (Å²) in [5.74, 6) is -0.188. The average Bonchev–Trinajstić information content (AvgIpc) is 3.25. The van der Waals surface area contributed by atoms with Crippen LogP contribution in [-0.4, -0.2) is 30.2 Å². The lowest BCUT2D eigenvalue weighted by Gasteiger charge is -2.07. The molecule has 4 rings (SSSR count). The van der Waals surface area contributed by atoms with Crippen molar-refractivity contribution < 1.29 is 14.1 Å². The number of nitrogens with zero attached hydrogens (tertiary/aromatic N) is 5. The highest BCUT2D eigenvalue weighted by Gasteiger charge is 2.14. The Balaban J connectivity index is 1.35. The monoisotopic (exact) mass is 436 g/mol. The molecule has 1 aromatic carbocycles. The van der Waals surface area contributed by atoms with Crippen LogP contribution in [0.4, 0.5) is 11.4 Å². The van der Waals surface area contributed by atoms with Gasteiger partial charge in [-0.3, -0.25) is 19.5 Å². The Morgan fingerprint density at radius 3 is 2.69 bits per heavy atom. The largest absolute Gasteiger partial charge is 0.419 e. The zero-order valence-corrected chi connectivity index (χ0v) is 17.4. The Labute approximate surface area is 181 Å². The van der Waals surface area contributed by atoms with E-state index in [1.54, 1.807) is 23.0 Å². The average molecular weight is 436 g/mol. The predicted octanol–water partition coefficient (Wildman–Crippen LogP) is 3.12. The van der Waals surface area contributed by atoms with Crippen LogP contribution in [0, 0.1) is 24.0 Å². The topological polar surface area (TPSA) is 138 Å². The molecule has 0 bridgehead atoms. The fourth-order valence-corrected chi connectivity index (χ4v) is 3.45. The molecule has 1 N–H and O–H groups in total. The van der Waals surface area contributed by atoms with Gasteiger partial charge < -0.3 is 9.73 Å². The number of nitro groups is 1. The molecule has 0 unspecified atom stereocenters. The molecule has 3 aromatic heterocycles. The molecule has 0 fully saturated rings. The van der Waals surface area contributed by atoms with Gasteiger partial charge in [-0.05, 0) is 44.5 Å². The molecule has 164 valence electrons. The molecule has 4 aromatic rings. The molecule has 32 heavy (non-hydrogen) atoms. The van der Waals surface area contributed by atoms with Crippen molar-refractivity contribution in [2.45, 2.75) is 33.2 Å². The number of anilines is 1. The number of amides is 1. The molecule has 11 nitrogen and oxygen atoms in total. The molecule has 1 amide bonds. The molecule has 0 aliphatic heterocycles. The Morgan fingerprint density at radius 1 is 1.22 bits per heavy atom. The second-order valence-corrected chi connectivity index (χ2v) is 7.32. The molecule has 0 saturated heterocycles. The van der Waals surface area contributed by atoms with Gasteiger partial charge >= 0.3 is 5.76 Å². The number of aryl methyl sites for hydroxylation is 3. The van der Waals surface area contributed by atoms with E-state index in [9.17, 15) is 19.7 Å². The Bertz CT molecular complexity index is 1370. The summed E-state index contributed by atoms with van der Waals surface area (Å²) in [7, 11) is 0. The number of carbonyl (C=O) groups excluding carboxylic acids is 1. The number of aromatic nitrogens is 4. The highest BCUT2D eigenvalue weighted by atomic mass is 16.6. The van der Waals surface area contributed by atoms with Gasteiger partial charge in [0.2, 0.25) is 5.91 Å². The van der Waals surface area contributed by atoms with E-state index in [2.05, 4.69) is 15.4 Å². The molecule has 0 atom stereocenters. The highest BCUT2D eigenvalue weighted by molar-refractivity contribution is 5.90. The van der Waals surface area contributed by atoms with E-state index in [1.807, 2.05) is 19.9 Å². The van der Waals surface area contributed by atoms with Crippen molar-refractivity contribution in [3.63, 3.8) is 0 Å². The molecule has 11 heteroatoms. The van der Waals surface area contributed by atoms with Crippen molar-refractivity contribution in [3.8, 4) is 5.82 Å². The van der Waals surface area contributed by atoms with Gasteiger partial charge in [0.15, 0.2) is 11.4 Å². The van der Waals surface area contributed by atoms with Crippen LogP contribution in [0.3, 0.4) is 0 Å². The van der Waals surface area contributed by atoms with Crippen molar-refractivity contribution in [1.82, 2.24) is 19.3 Å². The van der Waals surface area contributed by atoms with Crippen LogP contribution >= 0.6 is 0 Å². The van der Waals surface area contributed by atoms with Crippen LogP contribution < -0.4 is 11.1 Å². The summed E-state index contributed by atoms with van der Waals surface area (Å²) in [6, 6.07) is 9.45. The van der Waals surface area contributed by atoms with Gasteiger partial charge in [-0.2, -0.15) is 5.10 Å². The number of carbonyl (C=O) groups is 1. The van der Waals surface area contributed by atoms with Crippen molar-refractivity contribution in [2.75, 3.05) is 5.32 Å². The predicted molar refractivity (Wildman–Crippen MR) is 116 cm³/mol. The van der Waals surface area contributed by atoms with Crippen molar-refractivity contribution >= 4 is 28.4 Å². The van der Waals surface area contributed by atoms with E-state index in [0.29, 0.717) is 23.4 Å². The summed E-state index contributed by atoms with van der Waals surface area (Å²) >= 11 is 0. The molecule has 0 radical (unpaired) electrons. The molecule has 3 heterocycles. The second kappa shape index (κ2) is 8.46. The van der Waals surface area contributed by atoms with E-state index < -0.39 is 10.7 Å². The Hall–Kier alpha value is -4.28. The van der Waals surface area contributed by atoms with Gasteiger partial charge in [-0.15, -0.1) is 0 Å². The number of nitrogens with one attached hydrogen (secondary N) is 1. The SMILES string of the molecule is Cc1cc(C)n(-c2ccc(NC(=O)CCCn3c(=O)oc4cc([N+](=O)[O-])ccc43)cn2)n1. The summed E-state index contributed by atoms with van der Waals surface area (Å²) in [6.07, 6.45) is 2.12. The van der Waals surface area contributed by atoms with Gasteiger partial charge in [0.25, 0.3) is 5.69 Å². The summed E-state index contributed by atoms with van der Waals surface area (Å²) in [4.78, 5) is 39.0. The van der Waals surface area contributed by atoms with Gasteiger partial charge in [0.1, 0.15) is 0 Å². The van der Waals surface area contributed by atoms with E-state index >= 15 is 0 Å². The van der Waals surface area contributed by atoms with E-state index in [-0.39, 0.29) is 30.1 Å². The number of nitro benzene ring substituents is 1. The third-order valence-corrected chi connectivity index (χ3v) is 4.91. The van der Waals surface area contributed by atoms with Crippen LogP contribution in [0.1, 0.15) is 24.2 Å². The summed E-state index contributed by atoms with van der Waals surface area (Å²) in [5.41, 5.74) is 2.84. The third-order valence-electron chi connectivity index (χ3n) is 4.91. The van der Waals surface area contributed by atoms with Gasteiger partial charge in [-0.25, -0.2) is 14.5 Å². The summed E-state index contributed by atoms with van der Waals surface area (Å²) in [5, 5.41) is 18.0. The first kappa shape index (κ1) is 21.0. The number of pyridine rings is 1. The number of fused-ring (bicyclic) bond motifs is 1. The maximum absolute atomic E-state index is 12.3. The van der Waals surface area contributed by atoms with Crippen LogP contribution in [0.15, 0.2) is 51.8 Å². The standard InChI is InChI=1S/C21H20N6O5/c1-13-10-14(2)26(24-13)19-8-5-15(12-22-19)23-20(28)4-3-9-25-17-7-6-16(27(30)31)11-18(17)32-21(25)29/h5-8,10-12H,3-4,9H2,1-2H3,(H,23,28). The van der Waals surface area contributed by atoms with Crippen LogP contribution in [0.25, 0.3) is 16.9 Å². The summed E-state index contributed by atoms with van der Waals surface area (Å²) in [6.45, 7) is 4.09. The lowest BCUT2D eigenvalue weighted by atomic mass is 10.2. The van der Waals surface area contributed by atoms with E-state index in [4.69, 9.17) is 4.42 Å². The Morgan fingerprint density at radius 2 is 2.03 bits per heavy atom. The summed E-state index contributed by atoms with van der Waals surface area (Å²) < 4.78 is 8.17. The number of hydrogen-bond donors (Lipinski definition) is 1. The Kier molecular flexibility index (Phi) is 5.54.